The average Bonchev–Trinajstić information content (AvgIpc) is 2.66. The molecule has 3 rings (SSSR count). The number of pyridine rings is 1. The molecule has 0 fully saturated rings. The molecule has 0 aliphatic heterocycles. The van der Waals surface area contributed by atoms with Crippen LogP contribution >= 0.6 is 11.6 Å². The monoisotopic (exact) mass is 456 g/mol. The highest BCUT2D eigenvalue weighted by Gasteiger charge is 2.22. The van der Waals surface area contributed by atoms with Gasteiger partial charge in [0, 0.05) is 23.0 Å². The Kier molecular flexibility index (Phi) is 6.38. The third-order valence-electron chi connectivity index (χ3n) is 4.61. The number of nitrogens with one attached hydrogen (secondary N) is 3. The average molecular weight is 457 g/mol. The molecule has 1 heterocycles. The SMILES string of the molecule is CC(=N)/C=C(\Nc1cccc2ncccc12)NS(=O)(=O)c1ccc(C(C)(C)C)cc1Cl. The van der Waals surface area contributed by atoms with Gasteiger partial charge in [-0.2, -0.15) is 0 Å². The maximum atomic E-state index is 13.1. The molecule has 0 saturated heterocycles. The van der Waals surface area contributed by atoms with Crippen LogP contribution in [0.1, 0.15) is 33.3 Å². The standard InChI is InChI=1S/C23H25ClN4O2S/c1-15(25)13-22(27-20-9-5-8-19-17(20)7-6-12-26-19)28-31(29,30)21-11-10-16(14-18(21)24)23(2,3)4/h5-14,25,27-28H,1-4H3/b22-13+,25-15?. The number of allylic oxidation sites excluding steroid dienone is 1. The number of aromatic nitrogens is 1. The lowest BCUT2D eigenvalue weighted by Gasteiger charge is -2.20. The van der Waals surface area contributed by atoms with Crippen molar-refractivity contribution in [3.63, 3.8) is 0 Å². The second kappa shape index (κ2) is 8.69. The Morgan fingerprint density at radius 2 is 1.87 bits per heavy atom. The van der Waals surface area contributed by atoms with Crippen LogP contribution in [0.15, 0.2) is 71.5 Å². The zero-order chi connectivity index (χ0) is 22.8. The van der Waals surface area contributed by atoms with Crippen LogP contribution in [0.5, 0.6) is 0 Å². The highest BCUT2D eigenvalue weighted by molar-refractivity contribution is 7.89. The Morgan fingerprint density at radius 1 is 1.13 bits per heavy atom. The minimum atomic E-state index is -4.00. The van der Waals surface area contributed by atoms with Gasteiger partial charge in [-0.1, -0.05) is 44.5 Å². The highest BCUT2D eigenvalue weighted by Crippen LogP contribution is 2.30. The Balaban J connectivity index is 1.97. The summed E-state index contributed by atoms with van der Waals surface area (Å²) in [5.41, 5.74) is 2.38. The molecular formula is C23H25ClN4O2S. The van der Waals surface area contributed by atoms with Crippen molar-refractivity contribution in [2.75, 3.05) is 5.32 Å². The fourth-order valence-electron chi connectivity index (χ4n) is 3.05. The van der Waals surface area contributed by atoms with Crippen LogP contribution < -0.4 is 10.0 Å². The smallest absolute Gasteiger partial charge is 0.264 e. The lowest BCUT2D eigenvalue weighted by Crippen LogP contribution is -2.28. The van der Waals surface area contributed by atoms with Gasteiger partial charge in [-0.25, -0.2) is 8.42 Å². The maximum absolute atomic E-state index is 13.1. The van der Waals surface area contributed by atoms with Crippen molar-refractivity contribution in [3.05, 3.63) is 77.2 Å². The van der Waals surface area contributed by atoms with E-state index in [1.54, 1.807) is 31.3 Å². The molecule has 0 aliphatic carbocycles. The van der Waals surface area contributed by atoms with E-state index in [0.717, 1.165) is 16.5 Å². The second-order valence-electron chi connectivity index (χ2n) is 8.24. The van der Waals surface area contributed by atoms with Crippen LogP contribution in [0.25, 0.3) is 10.9 Å². The van der Waals surface area contributed by atoms with Crippen LogP contribution in [0.3, 0.4) is 0 Å². The Bertz CT molecular complexity index is 1270. The topological polar surface area (TPSA) is 94.9 Å². The molecule has 0 amide bonds. The van der Waals surface area contributed by atoms with Crippen LogP contribution in [0, 0.1) is 5.41 Å². The summed E-state index contributed by atoms with van der Waals surface area (Å²) in [6.07, 6.45) is 3.10. The van der Waals surface area contributed by atoms with Crippen molar-refractivity contribution in [1.29, 1.82) is 5.41 Å². The van der Waals surface area contributed by atoms with Crippen LogP contribution in [-0.2, 0) is 15.4 Å². The molecule has 3 N–H and O–H groups in total. The minimum absolute atomic E-state index is 0.0305. The Morgan fingerprint density at radius 3 is 2.52 bits per heavy atom. The van der Waals surface area contributed by atoms with Crippen molar-refractivity contribution in [2.24, 2.45) is 0 Å². The molecular weight excluding hydrogens is 432 g/mol. The molecule has 8 heteroatoms. The first-order valence-corrected chi connectivity index (χ1v) is 11.5. The third kappa shape index (κ3) is 5.42. The highest BCUT2D eigenvalue weighted by atomic mass is 35.5. The summed E-state index contributed by atoms with van der Waals surface area (Å²) >= 11 is 6.34. The van der Waals surface area contributed by atoms with Crippen LogP contribution in [0.4, 0.5) is 5.69 Å². The molecule has 6 nitrogen and oxygen atoms in total. The number of fused-ring (bicyclic) bond motifs is 1. The van der Waals surface area contributed by atoms with Crippen molar-refractivity contribution >= 4 is 43.9 Å². The molecule has 0 saturated carbocycles. The predicted octanol–water partition coefficient (Wildman–Crippen LogP) is 5.46. The minimum Gasteiger partial charge on any atom is -0.341 e. The summed E-state index contributed by atoms with van der Waals surface area (Å²) in [5.74, 6) is 0.139. The zero-order valence-corrected chi connectivity index (χ0v) is 19.4. The van der Waals surface area contributed by atoms with Gasteiger partial charge in [0.15, 0.2) is 0 Å². The van der Waals surface area contributed by atoms with Crippen molar-refractivity contribution in [1.82, 2.24) is 9.71 Å². The molecule has 0 radical (unpaired) electrons. The van der Waals surface area contributed by atoms with Crippen molar-refractivity contribution in [2.45, 2.75) is 38.0 Å². The second-order valence-corrected chi connectivity index (χ2v) is 10.3. The summed E-state index contributed by atoms with van der Waals surface area (Å²) in [7, 11) is -4.00. The molecule has 2 aromatic carbocycles. The number of benzene rings is 2. The normalized spacial score (nSPS) is 12.6. The summed E-state index contributed by atoms with van der Waals surface area (Å²) in [6.45, 7) is 7.65. The van der Waals surface area contributed by atoms with E-state index in [4.69, 9.17) is 17.0 Å². The summed E-state index contributed by atoms with van der Waals surface area (Å²) in [6, 6.07) is 14.1. The molecule has 162 valence electrons. The van der Waals surface area contributed by atoms with E-state index in [0.29, 0.717) is 5.69 Å². The molecule has 0 aliphatic rings. The number of hydrogen-bond donors (Lipinski definition) is 3. The molecule has 3 aromatic rings. The molecule has 0 bridgehead atoms. The van der Waals surface area contributed by atoms with E-state index < -0.39 is 10.0 Å². The van der Waals surface area contributed by atoms with Crippen LogP contribution in [0.2, 0.25) is 5.02 Å². The van der Waals surface area contributed by atoms with Gasteiger partial charge in [0.2, 0.25) is 0 Å². The zero-order valence-electron chi connectivity index (χ0n) is 17.8. The molecule has 0 spiro atoms. The van der Waals surface area contributed by atoms with Gasteiger partial charge in [0.05, 0.1) is 10.5 Å². The molecule has 31 heavy (non-hydrogen) atoms. The van der Waals surface area contributed by atoms with Gasteiger partial charge < -0.3 is 10.7 Å². The van der Waals surface area contributed by atoms with E-state index in [1.807, 2.05) is 45.0 Å². The first-order valence-electron chi connectivity index (χ1n) is 9.68. The van der Waals surface area contributed by atoms with E-state index in [9.17, 15) is 8.42 Å². The van der Waals surface area contributed by atoms with E-state index in [2.05, 4.69) is 15.0 Å². The lowest BCUT2D eigenvalue weighted by atomic mass is 9.87. The number of hydrogen-bond acceptors (Lipinski definition) is 5. The number of sulfonamides is 1. The molecule has 0 atom stereocenters. The van der Waals surface area contributed by atoms with E-state index in [-0.39, 0.29) is 26.9 Å². The van der Waals surface area contributed by atoms with Gasteiger partial charge in [-0.15, -0.1) is 0 Å². The fourth-order valence-corrected chi connectivity index (χ4v) is 4.61. The largest absolute Gasteiger partial charge is 0.341 e. The van der Waals surface area contributed by atoms with Gasteiger partial charge in [-0.05, 0) is 60.4 Å². The van der Waals surface area contributed by atoms with Gasteiger partial charge >= 0.3 is 0 Å². The maximum Gasteiger partial charge on any atom is 0.264 e. The number of anilines is 1. The Labute approximate surface area is 187 Å². The van der Waals surface area contributed by atoms with E-state index in [1.165, 1.54) is 12.1 Å². The fraction of sp³-hybridized carbons (Fsp3) is 0.217. The number of rotatable bonds is 6. The first kappa shape index (κ1) is 22.8. The molecule has 1 aromatic heterocycles. The van der Waals surface area contributed by atoms with Gasteiger partial charge in [0.25, 0.3) is 10.0 Å². The molecule has 0 unspecified atom stereocenters. The van der Waals surface area contributed by atoms with Crippen molar-refractivity contribution < 1.29 is 8.42 Å². The lowest BCUT2D eigenvalue weighted by molar-refractivity contribution is 0.583. The third-order valence-corrected chi connectivity index (χ3v) is 6.46. The summed E-state index contributed by atoms with van der Waals surface area (Å²) in [4.78, 5) is 4.28. The van der Waals surface area contributed by atoms with Gasteiger partial charge in [-0.3, -0.25) is 9.71 Å². The quantitative estimate of drug-likeness (QED) is 0.429. The van der Waals surface area contributed by atoms with Crippen molar-refractivity contribution in [3.8, 4) is 0 Å². The predicted molar refractivity (Wildman–Crippen MR) is 127 cm³/mol. The number of halogens is 1. The number of nitrogens with zero attached hydrogens (tertiary/aromatic N) is 1. The first-order chi connectivity index (χ1) is 14.5. The summed E-state index contributed by atoms with van der Waals surface area (Å²) < 4.78 is 28.7. The van der Waals surface area contributed by atoms with Crippen LogP contribution in [-0.4, -0.2) is 19.1 Å². The Hall–Kier alpha value is -2.90. The van der Waals surface area contributed by atoms with Gasteiger partial charge in [0.1, 0.15) is 10.7 Å². The van der Waals surface area contributed by atoms with E-state index >= 15 is 0 Å². The summed E-state index contributed by atoms with van der Waals surface area (Å²) in [5, 5.41) is 11.9.